The van der Waals surface area contributed by atoms with E-state index in [1.165, 1.54) is 16.7 Å². The quantitative estimate of drug-likeness (QED) is 0.942. The lowest BCUT2D eigenvalue weighted by Gasteiger charge is -2.23. The molecule has 2 aromatic rings. The molecule has 2 aromatic carbocycles. The molecule has 0 radical (unpaired) electrons. The summed E-state index contributed by atoms with van der Waals surface area (Å²) in [5.41, 5.74) is 3.73. The number of hydrogen-bond acceptors (Lipinski definition) is 4. The second kappa shape index (κ2) is 6.92. The van der Waals surface area contributed by atoms with Crippen molar-refractivity contribution in [2.75, 3.05) is 34.4 Å². The number of ether oxygens (including phenoxy) is 3. The van der Waals surface area contributed by atoms with Gasteiger partial charge in [0.15, 0.2) is 11.5 Å². The maximum absolute atomic E-state index is 5.68. The molecule has 0 amide bonds. The number of benzene rings is 2. The van der Waals surface area contributed by atoms with Crippen LogP contribution in [0.3, 0.4) is 0 Å². The largest absolute Gasteiger partial charge is 0.493 e. The maximum Gasteiger partial charge on any atom is 0.203 e. The fourth-order valence-electron chi connectivity index (χ4n) is 3.36. The van der Waals surface area contributed by atoms with Crippen molar-refractivity contribution in [3.63, 3.8) is 0 Å². The Bertz CT molecular complexity index is 670. The van der Waals surface area contributed by atoms with Crippen molar-refractivity contribution in [2.45, 2.75) is 12.3 Å². The van der Waals surface area contributed by atoms with E-state index in [1.54, 1.807) is 21.3 Å². The summed E-state index contributed by atoms with van der Waals surface area (Å²) in [6.07, 6.45) is 0.905. The van der Waals surface area contributed by atoms with Gasteiger partial charge in [-0.1, -0.05) is 30.3 Å². The van der Waals surface area contributed by atoms with Crippen molar-refractivity contribution in [3.05, 3.63) is 53.1 Å². The Labute approximate surface area is 137 Å². The molecule has 0 bridgehead atoms. The molecule has 1 aliphatic rings. The van der Waals surface area contributed by atoms with E-state index < -0.39 is 0 Å². The van der Waals surface area contributed by atoms with E-state index in [1.807, 2.05) is 6.07 Å². The molecule has 1 unspecified atom stereocenters. The molecule has 4 heteroatoms. The van der Waals surface area contributed by atoms with Gasteiger partial charge in [-0.25, -0.2) is 0 Å². The van der Waals surface area contributed by atoms with Gasteiger partial charge in [-0.3, -0.25) is 0 Å². The van der Waals surface area contributed by atoms with Crippen LogP contribution in [0.2, 0.25) is 0 Å². The number of fused-ring (bicyclic) bond motifs is 1. The number of nitrogens with one attached hydrogen (secondary N) is 1. The second-order valence-corrected chi connectivity index (χ2v) is 5.63. The van der Waals surface area contributed by atoms with Gasteiger partial charge in [0, 0.05) is 18.0 Å². The van der Waals surface area contributed by atoms with Crippen LogP contribution < -0.4 is 19.5 Å². The summed E-state index contributed by atoms with van der Waals surface area (Å²) in [6, 6.07) is 12.6. The monoisotopic (exact) mass is 313 g/mol. The molecule has 1 heterocycles. The average Bonchev–Trinajstić information content (AvgIpc) is 2.82. The first-order valence-electron chi connectivity index (χ1n) is 7.87. The van der Waals surface area contributed by atoms with Crippen LogP contribution in [0.5, 0.6) is 17.2 Å². The van der Waals surface area contributed by atoms with Crippen LogP contribution in [0.25, 0.3) is 0 Å². The third kappa shape index (κ3) is 2.86. The molecule has 1 aliphatic heterocycles. The van der Waals surface area contributed by atoms with E-state index in [0.29, 0.717) is 11.5 Å². The Morgan fingerprint density at radius 3 is 2.35 bits per heavy atom. The standard InChI is InChI=1S/C19H23NO3/c1-21-17-11-15-14(18(22-2)19(17)23-3)9-10-20-12-16(15)13-7-5-4-6-8-13/h4-8,11,16,20H,9-10,12H2,1-3H3. The van der Waals surface area contributed by atoms with Gasteiger partial charge >= 0.3 is 0 Å². The lowest BCUT2D eigenvalue weighted by atomic mass is 9.87. The highest BCUT2D eigenvalue weighted by Crippen LogP contribution is 2.45. The van der Waals surface area contributed by atoms with Crippen LogP contribution in [0.15, 0.2) is 36.4 Å². The molecule has 0 aromatic heterocycles. The van der Waals surface area contributed by atoms with E-state index in [9.17, 15) is 0 Å². The summed E-state index contributed by atoms with van der Waals surface area (Å²) >= 11 is 0. The van der Waals surface area contributed by atoms with Crippen molar-refractivity contribution >= 4 is 0 Å². The summed E-state index contributed by atoms with van der Waals surface area (Å²) in [7, 11) is 5.00. The van der Waals surface area contributed by atoms with Crippen LogP contribution in [0, 0.1) is 0 Å². The van der Waals surface area contributed by atoms with Gasteiger partial charge < -0.3 is 19.5 Å². The lowest BCUT2D eigenvalue weighted by Crippen LogP contribution is -2.20. The van der Waals surface area contributed by atoms with Gasteiger partial charge in [-0.2, -0.15) is 0 Å². The fraction of sp³-hybridized carbons (Fsp3) is 0.368. The van der Waals surface area contributed by atoms with Gasteiger partial charge in [-0.05, 0) is 30.2 Å². The average molecular weight is 313 g/mol. The molecule has 0 saturated heterocycles. The predicted molar refractivity (Wildman–Crippen MR) is 91.0 cm³/mol. The van der Waals surface area contributed by atoms with Crippen LogP contribution in [0.1, 0.15) is 22.6 Å². The molecule has 4 nitrogen and oxygen atoms in total. The molecule has 0 spiro atoms. The number of hydrogen-bond donors (Lipinski definition) is 1. The molecule has 1 atom stereocenters. The zero-order valence-electron chi connectivity index (χ0n) is 13.9. The highest BCUT2D eigenvalue weighted by atomic mass is 16.5. The van der Waals surface area contributed by atoms with Gasteiger partial charge in [0.2, 0.25) is 5.75 Å². The van der Waals surface area contributed by atoms with Gasteiger partial charge in [-0.15, -0.1) is 0 Å². The third-order valence-corrected chi connectivity index (χ3v) is 4.44. The van der Waals surface area contributed by atoms with Crippen LogP contribution in [0.4, 0.5) is 0 Å². The van der Waals surface area contributed by atoms with E-state index in [0.717, 1.165) is 25.3 Å². The Kier molecular flexibility index (Phi) is 4.72. The first kappa shape index (κ1) is 15.7. The zero-order valence-corrected chi connectivity index (χ0v) is 13.9. The molecule has 0 fully saturated rings. The Balaban J connectivity index is 2.21. The molecule has 0 saturated carbocycles. The summed E-state index contributed by atoms with van der Waals surface area (Å²) in [4.78, 5) is 0. The smallest absolute Gasteiger partial charge is 0.203 e. The zero-order chi connectivity index (χ0) is 16.2. The third-order valence-electron chi connectivity index (χ3n) is 4.44. The molecule has 23 heavy (non-hydrogen) atoms. The fourth-order valence-corrected chi connectivity index (χ4v) is 3.36. The summed E-state index contributed by atoms with van der Waals surface area (Å²) in [6.45, 7) is 1.82. The van der Waals surface area contributed by atoms with Gasteiger partial charge in [0.1, 0.15) is 0 Å². The summed E-state index contributed by atoms with van der Waals surface area (Å²) in [5, 5.41) is 3.53. The maximum atomic E-state index is 5.68. The molecule has 3 rings (SSSR count). The van der Waals surface area contributed by atoms with Crippen LogP contribution in [-0.4, -0.2) is 34.4 Å². The SMILES string of the molecule is COc1cc2c(c(OC)c1OC)CCNCC2c1ccccc1. The second-order valence-electron chi connectivity index (χ2n) is 5.63. The van der Waals surface area contributed by atoms with E-state index in [2.05, 4.69) is 35.6 Å². The molecular formula is C19H23NO3. The molecular weight excluding hydrogens is 290 g/mol. The van der Waals surface area contributed by atoms with E-state index in [4.69, 9.17) is 14.2 Å². The Morgan fingerprint density at radius 1 is 0.957 bits per heavy atom. The van der Waals surface area contributed by atoms with Crippen molar-refractivity contribution in [3.8, 4) is 17.2 Å². The molecule has 0 aliphatic carbocycles. The van der Waals surface area contributed by atoms with Crippen molar-refractivity contribution in [2.24, 2.45) is 0 Å². The predicted octanol–water partition coefficient (Wildman–Crippen LogP) is 2.99. The Morgan fingerprint density at radius 2 is 1.70 bits per heavy atom. The summed E-state index contributed by atoms with van der Waals surface area (Å²) < 4.78 is 16.8. The minimum Gasteiger partial charge on any atom is -0.493 e. The van der Waals surface area contributed by atoms with E-state index in [-0.39, 0.29) is 5.92 Å². The van der Waals surface area contributed by atoms with Crippen LogP contribution >= 0.6 is 0 Å². The van der Waals surface area contributed by atoms with Gasteiger partial charge in [0.05, 0.1) is 21.3 Å². The van der Waals surface area contributed by atoms with Crippen molar-refractivity contribution < 1.29 is 14.2 Å². The molecule has 122 valence electrons. The van der Waals surface area contributed by atoms with Gasteiger partial charge in [0.25, 0.3) is 0 Å². The highest BCUT2D eigenvalue weighted by molar-refractivity contribution is 5.61. The first-order valence-corrected chi connectivity index (χ1v) is 7.87. The number of rotatable bonds is 4. The Hall–Kier alpha value is -2.20. The topological polar surface area (TPSA) is 39.7 Å². The number of methoxy groups -OCH3 is 3. The van der Waals surface area contributed by atoms with Crippen LogP contribution in [-0.2, 0) is 6.42 Å². The van der Waals surface area contributed by atoms with Crippen molar-refractivity contribution in [1.82, 2.24) is 5.32 Å². The minimum absolute atomic E-state index is 0.266. The lowest BCUT2D eigenvalue weighted by molar-refractivity contribution is 0.321. The van der Waals surface area contributed by atoms with E-state index >= 15 is 0 Å². The minimum atomic E-state index is 0.266. The molecule has 1 N–H and O–H groups in total. The first-order chi connectivity index (χ1) is 11.3. The van der Waals surface area contributed by atoms with Crippen molar-refractivity contribution in [1.29, 1.82) is 0 Å². The highest BCUT2D eigenvalue weighted by Gasteiger charge is 2.27. The normalized spacial score (nSPS) is 17.1. The summed E-state index contributed by atoms with van der Waals surface area (Å²) in [5.74, 6) is 2.43.